The van der Waals surface area contributed by atoms with E-state index in [4.69, 9.17) is 4.74 Å². The van der Waals surface area contributed by atoms with Crippen LogP contribution >= 0.6 is 11.8 Å². The topological polar surface area (TPSA) is 76.8 Å². The Hall–Kier alpha value is -3.32. The van der Waals surface area contributed by atoms with Gasteiger partial charge in [-0.1, -0.05) is 29.8 Å². The Bertz CT molecular complexity index is 973. The Morgan fingerprint density at radius 3 is 2.59 bits per heavy atom. The minimum absolute atomic E-state index is 0.0462. The second kappa shape index (κ2) is 10.3. The van der Waals surface area contributed by atoms with Gasteiger partial charge in [0.05, 0.1) is 23.4 Å². The largest absolute Gasteiger partial charge is 0.493 e. The molecule has 6 nitrogen and oxygen atoms in total. The van der Waals surface area contributed by atoms with Crippen LogP contribution in [0.25, 0.3) is 0 Å². The first-order chi connectivity index (χ1) is 14.1. The number of hydrogen-bond donors (Lipinski definition) is 1. The van der Waals surface area contributed by atoms with Crippen molar-refractivity contribution >= 4 is 29.4 Å². The molecule has 0 radical (unpaired) electrons. The van der Waals surface area contributed by atoms with Gasteiger partial charge in [0.2, 0.25) is 0 Å². The predicted octanol–water partition coefficient (Wildman–Crippen LogP) is 5.52. The number of nitrogens with zero attached hydrogens (tertiary/aromatic N) is 2. The first-order valence-electron chi connectivity index (χ1n) is 9.06. The van der Waals surface area contributed by atoms with Crippen LogP contribution in [0.5, 0.6) is 5.75 Å². The summed E-state index contributed by atoms with van der Waals surface area (Å²) in [6.45, 7) is 2.69. The third-order valence-electron chi connectivity index (χ3n) is 3.99. The Balaban J connectivity index is 1.46. The SMILES string of the molecule is Cc1ccc(SCCOc2cccc(C=NNc3ccc([N+](=O)[O-])cc3)c2)cc1. The van der Waals surface area contributed by atoms with Gasteiger partial charge in [0.25, 0.3) is 5.69 Å². The van der Waals surface area contributed by atoms with Gasteiger partial charge in [0.1, 0.15) is 5.75 Å². The van der Waals surface area contributed by atoms with Crippen LogP contribution in [0, 0.1) is 17.0 Å². The zero-order chi connectivity index (χ0) is 20.5. The Kier molecular flexibility index (Phi) is 7.24. The second-order valence-electron chi connectivity index (χ2n) is 6.26. The molecular formula is C22H21N3O3S. The molecule has 0 aliphatic heterocycles. The quantitative estimate of drug-likeness (QED) is 0.166. The maximum Gasteiger partial charge on any atom is 0.269 e. The van der Waals surface area contributed by atoms with Crippen LogP contribution in [-0.2, 0) is 0 Å². The van der Waals surface area contributed by atoms with E-state index in [1.165, 1.54) is 22.6 Å². The molecule has 1 N–H and O–H groups in total. The Morgan fingerprint density at radius 2 is 1.86 bits per heavy atom. The van der Waals surface area contributed by atoms with Crippen LogP contribution in [0.4, 0.5) is 11.4 Å². The second-order valence-corrected chi connectivity index (χ2v) is 7.42. The highest BCUT2D eigenvalue weighted by atomic mass is 32.2. The standard InChI is InChI=1S/C22H21N3O3S/c1-17-5-11-22(12-6-17)29-14-13-28-21-4-2-3-18(15-21)16-23-24-19-7-9-20(10-8-19)25(26)27/h2-12,15-16,24H,13-14H2,1H3. The molecule has 29 heavy (non-hydrogen) atoms. The summed E-state index contributed by atoms with van der Waals surface area (Å²) in [5.41, 5.74) is 5.72. The zero-order valence-electron chi connectivity index (χ0n) is 15.9. The number of hydrazone groups is 1. The molecule has 0 aromatic heterocycles. The van der Waals surface area contributed by atoms with Gasteiger partial charge in [-0.25, -0.2) is 0 Å². The fourth-order valence-electron chi connectivity index (χ4n) is 2.48. The van der Waals surface area contributed by atoms with Crippen molar-refractivity contribution in [2.24, 2.45) is 5.10 Å². The van der Waals surface area contributed by atoms with Crippen LogP contribution in [0.1, 0.15) is 11.1 Å². The first kappa shape index (κ1) is 20.4. The third-order valence-corrected chi connectivity index (χ3v) is 4.96. The van der Waals surface area contributed by atoms with Crippen LogP contribution in [0.3, 0.4) is 0 Å². The number of aryl methyl sites for hydroxylation is 1. The summed E-state index contributed by atoms with van der Waals surface area (Å²) in [7, 11) is 0. The lowest BCUT2D eigenvalue weighted by Crippen LogP contribution is -2.00. The van der Waals surface area contributed by atoms with E-state index in [0.717, 1.165) is 17.1 Å². The van der Waals surface area contributed by atoms with Gasteiger partial charge in [-0.05, 0) is 48.9 Å². The number of nitro benzene ring substituents is 1. The fourth-order valence-corrected chi connectivity index (χ4v) is 3.21. The monoisotopic (exact) mass is 407 g/mol. The lowest BCUT2D eigenvalue weighted by molar-refractivity contribution is -0.384. The highest BCUT2D eigenvalue weighted by Crippen LogP contribution is 2.19. The van der Waals surface area contributed by atoms with Crippen molar-refractivity contribution in [3.05, 3.63) is 94.0 Å². The molecule has 0 spiro atoms. The maximum absolute atomic E-state index is 10.7. The van der Waals surface area contributed by atoms with E-state index >= 15 is 0 Å². The minimum atomic E-state index is -0.433. The van der Waals surface area contributed by atoms with Gasteiger partial charge in [0.15, 0.2) is 0 Å². The first-order valence-corrected chi connectivity index (χ1v) is 10.0. The number of non-ortho nitro benzene ring substituents is 1. The molecule has 3 aromatic carbocycles. The number of thioether (sulfide) groups is 1. The molecule has 0 saturated carbocycles. The van der Waals surface area contributed by atoms with Crippen LogP contribution in [0.2, 0.25) is 0 Å². The molecule has 3 rings (SSSR count). The molecule has 0 atom stereocenters. The smallest absolute Gasteiger partial charge is 0.269 e. The molecule has 0 aliphatic carbocycles. The zero-order valence-corrected chi connectivity index (χ0v) is 16.8. The van der Waals surface area contributed by atoms with Crippen molar-refractivity contribution in [1.82, 2.24) is 0 Å². The summed E-state index contributed by atoms with van der Waals surface area (Å²) in [6, 6.07) is 22.2. The van der Waals surface area contributed by atoms with Crippen LogP contribution in [0.15, 0.2) is 82.8 Å². The number of benzene rings is 3. The van der Waals surface area contributed by atoms with Gasteiger partial charge in [0, 0.05) is 22.8 Å². The summed E-state index contributed by atoms with van der Waals surface area (Å²) in [4.78, 5) is 11.5. The van der Waals surface area contributed by atoms with E-state index in [9.17, 15) is 10.1 Å². The summed E-state index contributed by atoms with van der Waals surface area (Å²) < 4.78 is 5.83. The van der Waals surface area contributed by atoms with Gasteiger partial charge in [-0.2, -0.15) is 5.10 Å². The minimum Gasteiger partial charge on any atom is -0.493 e. The van der Waals surface area contributed by atoms with Crippen LogP contribution < -0.4 is 10.2 Å². The number of ether oxygens (including phenoxy) is 1. The van der Waals surface area contributed by atoms with Crippen molar-refractivity contribution in [1.29, 1.82) is 0 Å². The molecule has 3 aromatic rings. The third kappa shape index (κ3) is 6.65. The van der Waals surface area contributed by atoms with E-state index in [2.05, 4.69) is 41.7 Å². The molecule has 0 saturated heterocycles. The number of hydrogen-bond acceptors (Lipinski definition) is 6. The molecule has 0 fully saturated rings. The predicted molar refractivity (Wildman–Crippen MR) is 118 cm³/mol. The highest BCUT2D eigenvalue weighted by Gasteiger charge is 2.03. The van der Waals surface area contributed by atoms with E-state index < -0.39 is 4.92 Å². The fraction of sp³-hybridized carbons (Fsp3) is 0.136. The lowest BCUT2D eigenvalue weighted by Gasteiger charge is -2.07. The summed E-state index contributed by atoms with van der Waals surface area (Å²) in [5.74, 6) is 1.65. The molecule has 0 unspecified atom stereocenters. The van der Waals surface area contributed by atoms with Crippen molar-refractivity contribution in [3.8, 4) is 5.75 Å². The van der Waals surface area contributed by atoms with E-state index in [0.29, 0.717) is 12.3 Å². The Morgan fingerprint density at radius 1 is 1.10 bits per heavy atom. The van der Waals surface area contributed by atoms with Crippen molar-refractivity contribution in [3.63, 3.8) is 0 Å². The number of nitro groups is 1. The molecular weight excluding hydrogens is 386 g/mol. The van der Waals surface area contributed by atoms with Crippen molar-refractivity contribution in [2.75, 3.05) is 17.8 Å². The molecule has 148 valence electrons. The number of nitrogens with one attached hydrogen (secondary N) is 1. The molecule has 0 amide bonds. The number of rotatable bonds is 9. The van der Waals surface area contributed by atoms with Gasteiger partial charge in [-0.15, -0.1) is 11.8 Å². The maximum atomic E-state index is 10.7. The van der Waals surface area contributed by atoms with E-state index in [1.54, 1.807) is 30.1 Å². The summed E-state index contributed by atoms with van der Waals surface area (Å²) >= 11 is 1.76. The Labute approximate surface area is 173 Å². The van der Waals surface area contributed by atoms with Gasteiger partial charge >= 0.3 is 0 Å². The molecule has 0 aliphatic rings. The molecule has 0 heterocycles. The number of anilines is 1. The van der Waals surface area contributed by atoms with E-state index in [-0.39, 0.29) is 5.69 Å². The van der Waals surface area contributed by atoms with Crippen LogP contribution in [-0.4, -0.2) is 23.5 Å². The summed E-state index contributed by atoms with van der Waals surface area (Å²) in [6.07, 6.45) is 1.68. The average molecular weight is 407 g/mol. The van der Waals surface area contributed by atoms with Crippen molar-refractivity contribution in [2.45, 2.75) is 11.8 Å². The normalized spacial score (nSPS) is 10.8. The average Bonchev–Trinajstić information content (AvgIpc) is 2.73. The summed E-state index contributed by atoms with van der Waals surface area (Å²) in [5, 5.41) is 14.8. The lowest BCUT2D eigenvalue weighted by atomic mass is 10.2. The van der Waals surface area contributed by atoms with E-state index in [1.807, 2.05) is 24.3 Å². The molecule has 7 heteroatoms. The van der Waals surface area contributed by atoms with Gasteiger partial charge < -0.3 is 4.74 Å². The highest BCUT2D eigenvalue weighted by molar-refractivity contribution is 7.99. The van der Waals surface area contributed by atoms with Crippen molar-refractivity contribution < 1.29 is 9.66 Å². The molecule has 0 bridgehead atoms. The van der Waals surface area contributed by atoms with Gasteiger partial charge in [-0.3, -0.25) is 15.5 Å².